The average Bonchev–Trinajstić information content (AvgIpc) is 2.42. The first-order valence-corrected chi connectivity index (χ1v) is 5.94. The van der Waals surface area contributed by atoms with Crippen LogP contribution in [0.2, 0.25) is 0 Å². The number of carbonyl (C=O) groups excluding carboxylic acids is 1. The Bertz CT molecular complexity index is 442. The van der Waals surface area contributed by atoms with Crippen molar-refractivity contribution in [1.82, 2.24) is 5.32 Å². The molecular formula is C14H17NO4. The second-order valence-electron chi connectivity index (χ2n) is 3.90. The maximum absolute atomic E-state index is 11.5. The van der Waals surface area contributed by atoms with E-state index in [2.05, 4.69) is 5.32 Å². The average molecular weight is 263 g/mol. The van der Waals surface area contributed by atoms with Gasteiger partial charge in [-0.25, -0.2) is 9.59 Å². The second kappa shape index (κ2) is 7.92. The molecule has 19 heavy (non-hydrogen) atoms. The highest BCUT2D eigenvalue weighted by Crippen LogP contribution is 2.01. The molecule has 0 aromatic heterocycles. The molecule has 0 bridgehead atoms. The highest BCUT2D eigenvalue weighted by molar-refractivity contribution is 5.80. The van der Waals surface area contributed by atoms with Crippen LogP contribution in [0.1, 0.15) is 18.9 Å². The first kappa shape index (κ1) is 14.8. The molecule has 0 aliphatic rings. The molecular weight excluding hydrogens is 246 g/mol. The summed E-state index contributed by atoms with van der Waals surface area (Å²) in [5, 5.41) is 11.2. The molecule has 0 unspecified atom stereocenters. The molecule has 1 amide bonds. The van der Waals surface area contributed by atoms with Gasteiger partial charge in [-0.3, -0.25) is 0 Å². The first-order valence-electron chi connectivity index (χ1n) is 5.94. The number of carboxylic acid groups (broad SMARTS) is 1. The van der Waals surface area contributed by atoms with E-state index in [9.17, 15) is 9.59 Å². The zero-order valence-electron chi connectivity index (χ0n) is 10.7. The third kappa shape index (κ3) is 5.72. The Hall–Kier alpha value is -2.30. The molecule has 5 nitrogen and oxygen atoms in total. The van der Waals surface area contributed by atoms with E-state index < -0.39 is 18.1 Å². The van der Waals surface area contributed by atoms with E-state index in [-0.39, 0.29) is 13.0 Å². The zero-order valence-corrected chi connectivity index (χ0v) is 10.7. The summed E-state index contributed by atoms with van der Waals surface area (Å²) in [6, 6.07) is 8.20. The number of aliphatic carboxylic acids is 1. The maximum atomic E-state index is 11.5. The predicted molar refractivity (Wildman–Crippen MR) is 70.6 cm³/mol. The fraction of sp³-hybridized carbons (Fsp3) is 0.286. The third-order valence-corrected chi connectivity index (χ3v) is 2.41. The quantitative estimate of drug-likeness (QED) is 0.772. The number of ether oxygens (including phenoxy) is 1. The molecule has 1 rings (SSSR count). The van der Waals surface area contributed by atoms with Crippen molar-refractivity contribution < 1.29 is 19.4 Å². The summed E-state index contributed by atoms with van der Waals surface area (Å²) in [5.74, 6) is -1.09. The summed E-state index contributed by atoms with van der Waals surface area (Å²) in [7, 11) is 0. The lowest BCUT2D eigenvalue weighted by atomic mass is 10.2. The van der Waals surface area contributed by atoms with Crippen LogP contribution in [0.3, 0.4) is 0 Å². The van der Waals surface area contributed by atoms with Crippen molar-refractivity contribution in [3.05, 3.63) is 48.0 Å². The van der Waals surface area contributed by atoms with Crippen LogP contribution < -0.4 is 5.32 Å². The largest absolute Gasteiger partial charge is 0.480 e. The number of amides is 1. The van der Waals surface area contributed by atoms with Crippen molar-refractivity contribution in [1.29, 1.82) is 0 Å². The van der Waals surface area contributed by atoms with Crippen LogP contribution in [0.15, 0.2) is 42.5 Å². The number of nitrogens with one attached hydrogen (secondary N) is 1. The Labute approximate surface area is 111 Å². The lowest BCUT2D eigenvalue weighted by Gasteiger charge is -2.12. The summed E-state index contributed by atoms with van der Waals surface area (Å²) < 4.78 is 4.95. The Balaban J connectivity index is 2.42. The Morgan fingerprint density at radius 3 is 2.63 bits per heavy atom. The number of alkyl carbamates (subject to hydrolysis) is 1. The third-order valence-electron chi connectivity index (χ3n) is 2.41. The molecule has 0 spiro atoms. The van der Waals surface area contributed by atoms with Gasteiger partial charge in [0.2, 0.25) is 0 Å². The lowest BCUT2D eigenvalue weighted by Crippen LogP contribution is -2.40. The van der Waals surface area contributed by atoms with Gasteiger partial charge in [-0.2, -0.15) is 0 Å². The fourth-order valence-electron chi connectivity index (χ4n) is 1.40. The SMILES string of the molecule is C/C=C\C[C@H](NC(=O)OCc1ccccc1)C(=O)O. The first-order chi connectivity index (χ1) is 9.13. The van der Waals surface area contributed by atoms with Gasteiger partial charge in [0.05, 0.1) is 0 Å². The molecule has 0 aliphatic heterocycles. The van der Waals surface area contributed by atoms with Gasteiger partial charge >= 0.3 is 12.1 Å². The van der Waals surface area contributed by atoms with Gasteiger partial charge in [0.25, 0.3) is 0 Å². The summed E-state index contributed by atoms with van der Waals surface area (Å²) in [6.07, 6.45) is 2.90. The molecule has 1 aromatic rings. The van der Waals surface area contributed by atoms with Crippen molar-refractivity contribution in [3.63, 3.8) is 0 Å². The van der Waals surface area contributed by atoms with Gasteiger partial charge < -0.3 is 15.2 Å². The van der Waals surface area contributed by atoms with E-state index in [0.29, 0.717) is 0 Å². The number of hydrogen-bond donors (Lipinski definition) is 2. The molecule has 5 heteroatoms. The number of carboxylic acids is 1. The minimum absolute atomic E-state index is 0.114. The Morgan fingerprint density at radius 2 is 2.05 bits per heavy atom. The van der Waals surface area contributed by atoms with Gasteiger partial charge in [-0.1, -0.05) is 42.5 Å². The minimum Gasteiger partial charge on any atom is -0.480 e. The summed E-state index contributed by atoms with van der Waals surface area (Å²) in [5.41, 5.74) is 0.845. The highest BCUT2D eigenvalue weighted by atomic mass is 16.5. The Kier molecular flexibility index (Phi) is 6.15. The van der Waals surface area contributed by atoms with E-state index in [0.717, 1.165) is 5.56 Å². The van der Waals surface area contributed by atoms with Crippen molar-refractivity contribution in [3.8, 4) is 0 Å². The van der Waals surface area contributed by atoms with Crippen LogP contribution in [0, 0.1) is 0 Å². The van der Waals surface area contributed by atoms with Crippen LogP contribution >= 0.6 is 0 Å². The van der Waals surface area contributed by atoms with Crippen molar-refractivity contribution in [2.45, 2.75) is 26.0 Å². The smallest absolute Gasteiger partial charge is 0.408 e. The molecule has 102 valence electrons. The fourth-order valence-corrected chi connectivity index (χ4v) is 1.40. The zero-order chi connectivity index (χ0) is 14.1. The number of carbonyl (C=O) groups is 2. The highest BCUT2D eigenvalue weighted by Gasteiger charge is 2.18. The number of hydrogen-bond acceptors (Lipinski definition) is 3. The van der Waals surface area contributed by atoms with Crippen LogP contribution in [0.5, 0.6) is 0 Å². The van der Waals surface area contributed by atoms with E-state index in [1.807, 2.05) is 30.3 Å². The van der Waals surface area contributed by atoms with E-state index >= 15 is 0 Å². The molecule has 0 fully saturated rings. The molecule has 0 radical (unpaired) electrons. The van der Waals surface area contributed by atoms with Crippen molar-refractivity contribution in [2.75, 3.05) is 0 Å². The summed E-state index contributed by atoms with van der Waals surface area (Å²) >= 11 is 0. The molecule has 0 saturated heterocycles. The molecule has 0 aliphatic carbocycles. The second-order valence-corrected chi connectivity index (χ2v) is 3.90. The number of allylic oxidation sites excluding steroid dienone is 1. The Morgan fingerprint density at radius 1 is 1.37 bits per heavy atom. The van der Waals surface area contributed by atoms with Gasteiger partial charge in [-0.15, -0.1) is 0 Å². The molecule has 0 saturated carbocycles. The van der Waals surface area contributed by atoms with Crippen LogP contribution in [-0.4, -0.2) is 23.2 Å². The lowest BCUT2D eigenvalue weighted by molar-refractivity contribution is -0.139. The molecule has 1 atom stereocenters. The summed E-state index contributed by atoms with van der Waals surface area (Å²) in [6.45, 7) is 1.90. The number of benzene rings is 1. The van der Waals surface area contributed by atoms with E-state index in [4.69, 9.17) is 9.84 Å². The molecule has 0 heterocycles. The van der Waals surface area contributed by atoms with Gasteiger partial charge in [0, 0.05) is 0 Å². The standard InChI is InChI=1S/C14H17NO4/c1-2-3-9-12(13(16)17)15-14(18)19-10-11-7-5-4-6-8-11/h2-8,12H,9-10H2,1H3,(H,15,18)(H,16,17)/b3-2-/t12-/m0/s1. The van der Waals surface area contributed by atoms with Gasteiger partial charge in [0.15, 0.2) is 0 Å². The van der Waals surface area contributed by atoms with Gasteiger partial charge in [-0.05, 0) is 18.9 Å². The topological polar surface area (TPSA) is 75.6 Å². The number of rotatable bonds is 6. The predicted octanol–water partition coefficient (Wildman–Crippen LogP) is 2.33. The molecule has 1 aromatic carbocycles. The van der Waals surface area contributed by atoms with Crippen LogP contribution in [0.25, 0.3) is 0 Å². The van der Waals surface area contributed by atoms with Crippen LogP contribution in [-0.2, 0) is 16.1 Å². The van der Waals surface area contributed by atoms with Crippen molar-refractivity contribution in [2.24, 2.45) is 0 Å². The molecule has 2 N–H and O–H groups in total. The monoisotopic (exact) mass is 263 g/mol. The van der Waals surface area contributed by atoms with E-state index in [1.165, 1.54) is 0 Å². The maximum Gasteiger partial charge on any atom is 0.408 e. The normalized spacial score (nSPS) is 12.1. The van der Waals surface area contributed by atoms with Gasteiger partial charge in [0.1, 0.15) is 12.6 Å². The van der Waals surface area contributed by atoms with Crippen molar-refractivity contribution >= 4 is 12.1 Å². The van der Waals surface area contributed by atoms with E-state index in [1.54, 1.807) is 19.1 Å². The summed E-state index contributed by atoms with van der Waals surface area (Å²) in [4.78, 5) is 22.4. The minimum atomic E-state index is -1.09. The van der Waals surface area contributed by atoms with Crippen LogP contribution in [0.4, 0.5) is 4.79 Å².